The standard InChI is InChI=1S/C14H20FNO2/c1-16(9-14(10-17)5-6-14)8-11-3-4-13(18-2)12(15)7-11/h3-4,7,17H,5-6,8-10H2,1-2H3. The van der Waals surface area contributed by atoms with E-state index in [1.807, 2.05) is 13.1 Å². The highest BCUT2D eigenvalue weighted by molar-refractivity contribution is 5.29. The summed E-state index contributed by atoms with van der Waals surface area (Å²) in [6.07, 6.45) is 2.18. The third-order valence-corrected chi connectivity index (χ3v) is 3.57. The number of rotatable bonds is 6. The Morgan fingerprint density at radius 3 is 2.67 bits per heavy atom. The summed E-state index contributed by atoms with van der Waals surface area (Å²) >= 11 is 0. The van der Waals surface area contributed by atoms with Crippen LogP contribution in [0.5, 0.6) is 5.75 Å². The summed E-state index contributed by atoms with van der Waals surface area (Å²) in [4.78, 5) is 2.13. The van der Waals surface area contributed by atoms with Crippen LogP contribution in [0.4, 0.5) is 4.39 Å². The minimum absolute atomic E-state index is 0.0970. The number of nitrogens with zero attached hydrogens (tertiary/aromatic N) is 1. The van der Waals surface area contributed by atoms with Gasteiger partial charge in [-0.1, -0.05) is 6.07 Å². The van der Waals surface area contributed by atoms with Crippen molar-refractivity contribution < 1.29 is 14.2 Å². The van der Waals surface area contributed by atoms with Crippen molar-refractivity contribution in [1.82, 2.24) is 4.90 Å². The summed E-state index contributed by atoms with van der Waals surface area (Å²) < 4.78 is 18.4. The maximum absolute atomic E-state index is 13.5. The Balaban J connectivity index is 1.94. The topological polar surface area (TPSA) is 32.7 Å². The molecule has 0 amide bonds. The van der Waals surface area contributed by atoms with E-state index in [1.54, 1.807) is 6.07 Å². The number of hydrogen-bond acceptors (Lipinski definition) is 3. The number of ether oxygens (including phenoxy) is 1. The van der Waals surface area contributed by atoms with Crippen molar-refractivity contribution in [3.8, 4) is 5.75 Å². The molecule has 1 aliphatic rings. The smallest absolute Gasteiger partial charge is 0.165 e. The largest absolute Gasteiger partial charge is 0.494 e. The molecule has 0 atom stereocenters. The van der Waals surface area contributed by atoms with Crippen LogP contribution in [0.3, 0.4) is 0 Å². The minimum Gasteiger partial charge on any atom is -0.494 e. The van der Waals surface area contributed by atoms with Crippen LogP contribution < -0.4 is 4.74 Å². The second kappa shape index (κ2) is 5.24. The Hall–Kier alpha value is -1.13. The molecule has 0 aliphatic heterocycles. The number of hydrogen-bond donors (Lipinski definition) is 1. The number of aliphatic hydroxyl groups excluding tert-OH is 1. The van der Waals surface area contributed by atoms with Gasteiger partial charge in [-0.05, 0) is 37.6 Å². The first kappa shape index (κ1) is 13.3. The van der Waals surface area contributed by atoms with Gasteiger partial charge in [-0.3, -0.25) is 0 Å². The van der Waals surface area contributed by atoms with E-state index in [1.165, 1.54) is 13.2 Å². The molecule has 2 rings (SSSR count). The molecule has 0 aromatic heterocycles. The zero-order chi connectivity index (χ0) is 13.2. The number of aliphatic hydroxyl groups is 1. The van der Waals surface area contributed by atoms with E-state index < -0.39 is 0 Å². The first-order chi connectivity index (χ1) is 8.58. The molecule has 0 heterocycles. The normalized spacial score (nSPS) is 16.9. The van der Waals surface area contributed by atoms with E-state index in [0.29, 0.717) is 6.54 Å². The van der Waals surface area contributed by atoms with Crippen LogP contribution in [0.2, 0.25) is 0 Å². The van der Waals surface area contributed by atoms with Gasteiger partial charge in [0.2, 0.25) is 0 Å². The Labute approximate surface area is 107 Å². The molecule has 18 heavy (non-hydrogen) atoms. The molecule has 1 aromatic rings. The van der Waals surface area contributed by atoms with E-state index in [0.717, 1.165) is 24.9 Å². The number of methoxy groups -OCH3 is 1. The van der Waals surface area contributed by atoms with Gasteiger partial charge < -0.3 is 14.7 Å². The van der Waals surface area contributed by atoms with Gasteiger partial charge in [0.05, 0.1) is 7.11 Å². The summed E-state index contributed by atoms with van der Waals surface area (Å²) in [7, 11) is 3.46. The molecule has 1 N–H and O–H groups in total. The lowest BCUT2D eigenvalue weighted by Crippen LogP contribution is -2.28. The van der Waals surface area contributed by atoms with Crippen molar-refractivity contribution >= 4 is 0 Å². The predicted octanol–water partition coefficient (Wildman–Crippen LogP) is 2.04. The minimum atomic E-state index is -0.327. The molecule has 1 aliphatic carbocycles. The van der Waals surface area contributed by atoms with Gasteiger partial charge >= 0.3 is 0 Å². The second-order valence-electron chi connectivity index (χ2n) is 5.30. The first-order valence-corrected chi connectivity index (χ1v) is 6.20. The van der Waals surface area contributed by atoms with Gasteiger partial charge in [-0.2, -0.15) is 0 Å². The quantitative estimate of drug-likeness (QED) is 0.842. The summed E-state index contributed by atoms with van der Waals surface area (Å²) in [6.45, 7) is 1.79. The average Bonchev–Trinajstić information content (AvgIpc) is 3.09. The Kier molecular flexibility index (Phi) is 3.88. The molecule has 1 saturated carbocycles. The van der Waals surface area contributed by atoms with Crippen molar-refractivity contribution in [2.24, 2.45) is 5.41 Å². The van der Waals surface area contributed by atoms with Gasteiger partial charge in [0.25, 0.3) is 0 Å². The van der Waals surface area contributed by atoms with Gasteiger partial charge in [0, 0.05) is 25.1 Å². The molecular weight excluding hydrogens is 233 g/mol. The van der Waals surface area contributed by atoms with Gasteiger partial charge in [0.15, 0.2) is 11.6 Å². The summed E-state index contributed by atoms with van der Waals surface area (Å²) in [6, 6.07) is 5.03. The monoisotopic (exact) mass is 253 g/mol. The van der Waals surface area contributed by atoms with Crippen LogP contribution in [0.25, 0.3) is 0 Å². The predicted molar refractivity (Wildman–Crippen MR) is 68.0 cm³/mol. The van der Waals surface area contributed by atoms with Crippen LogP contribution in [-0.2, 0) is 6.54 Å². The molecule has 100 valence electrons. The number of benzene rings is 1. The van der Waals surface area contributed by atoms with E-state index in [9.17, 15) is 9.50 Å². The van der Waals surface area contributed by atoms with Gasteiger partial charge in [-0.15, -0.1) is 0 Å². The van der Waals surface area contributed by atoms with E-state index in [4.69, 9.17) is 4.74 Å². The molecule has 0 saturated heterocycles. The molecule has 0 spiro atoms. The molecule has 1 fully saturated rings. The van der Waals surface area contributed by atoms with Crippen LogP contribution >= 0.6 is 0 Å². The van der Waals surface area contributed by atoms with Crippen LogP contribution in [0, 0.1) is 11.2 Å². The fourth-order valence-corrected chi connectivity index (χ4v) is 2.29. The summed E-state index contributed by atoms with van der Waals surface area (Å²) in [5, 5.41) is 9.28. The maximum Gasteiger partial charge on any atom is 0.165 e. The Morgan fingerprint density at radius 2 is 2.17 bits per heavy atom. The lowest BCUT2D eigenvalue weighted by molar-refractivity contribution is 0.161. The van der Waals surface area contributed by atoms with Crippen LogP contribution in [0.15, 0.2) is 18.2 Å². The molecule has 0 radical (unpaired) electrons. The average molecular weight is 253 g/mol. The fourth-order valence-electron chi connectivity index (χ4n) is 2.29. The van der Waals surface area contributed by atoms with Crippen LogP contribution in [0.1, 0.15) is 18.4 Å². The van der Waals surface area contributed by atoms with Crippen molar-refractivity contribution in [3.05, 3.63) is 29.6 Å². The summed E-state index contributed by atoms with van der Waals surface area (Å²) in [5.41, 5.74) is 1.02. The zero-order valence-corrected chi connectivity index (χ0v) is 10.9. The highest BCUT2D eigenvalue weighted by Crippen LogP contribution is 2.45. The van der Waals surface area contributed by atoms with Crippen molar-refractivity contribution in [2.75, 3.05) is 27.3 Å². The molecule has 0 unspecified atom stereocenters. The zero-order valence-electron chi connectivity index (χ0n) is 10.9. The van der Waals surface area contributed by atoms with E-state index in [-0.39, 0.29) is 23.6 Å². The Morgan fingerprint density at radius 1 is 1.44 bits per heavy atom. The molecule has 0 bridgehead atoms. The molecule has 3 nitrogen and oxygen atoms in total. The van der Waals surface area contributed by atoms with Crippen molar-refractivity contribution in [2.45, 2.75) is 19.4 Å². The highest BCUT2D eigenvalue weighted by Gasteiger charge is 2.42. The third kappa shape index (κ3) is 3.00. The lowest BCUT2D eigenvalue weighted by Gasteiger charge is -2.22. The first-order valence-electron chi connectivity index (χ1n) is 6.20. The Bertz CT molecular complexity index is 418. The van der Waals surface area contributed by atoms with Gasteiger partial charge in [-0.25, -0.2) is 4.39 Å². The fraction of sp³-hybridized carbons (Fsp3) is 0.571. The maximum atomic E-state index is 13.5. The highest BCUT2D eigenvalue weighted by atomic mass is 19.1. The SMILES string of the molecule is COc1ccc(CN(C)CC2(CO)CC2)cc1F. The van der Waals surface area contributed by atoms with E-state index >= 15 is 0 Å². The molecule has 1 aromatic carbocycles. The molecular formula is C14H20FNO2. The second-order valence-corrected chi connectivity index (χ2v) is 5.30. The summed E-state index contributed by atoms with van der Waals surface area (Å²) in [5.74, 6) is -0.0536. The third-order valence-electron chi connectivity index (χ3n) is 3.57. The van der Waals surface area contributed by atoms with E-state index in [2.05, 4.69) is 4.90 Å². The molecule has 4 heteroatoms. The number of halogens is 1. The van der Waals surface area contributed by atoms with Gasteiger partial charge in [0.1, 0.15) is 0 Å². The van der Waals surface area contributed by atoms with Crippen LogP contribution in [-0.4, -0.2) is 37.3 Å². The van der Waals surface area contributed by atoms with Crippen molar-refractivity contribution in [1.29, 1.82) is 0 Å². The lowest BCUT2D eigenvalue weighted by atomic mass is 10.1. The van der Waals surface area contributed by atoms with Crippen molar-refractivity contribution in [3.63, 3.8) is 0 Å².